The van der Waals surface area contributed by atoms with Crippen LogP contribution in [-0.2, 0) is 16.0 Å². The van der Waals surface area contributed by atoms with Gasteiger partial charge in [-0.05, 0) is 89.0 Å². The van der Waals surface area contributed by atoms with Gasteiger partial charge in [0.1, 0.15) is 5.60 Å². The van der Waals surface area contributed by atoms with Crippen LogP contribution in [0.1, 0.15) is 88.2 Å². The van der Waals surface area contributed by atoms with E-state index in [1.165, 1.54) is 0 Å². The van der Waals surface area contributed by atoms with Crippen molar-refractivity contribution in [3.05, 3.63) is 34.9 Å². The highest BCUT2D eigenvalue weighted by atomic mass is 16.6. The zero-order valence-electron chi connectivity index (χ0n) is 21.7. The third kappa shape index (κ3) is 8.33. The molecule has 0 unspecified atom stereocenters. The maximum atomic E-state index is 12.7. The van der Waals surface area contributed by atoms with Crippen LogP contribution >= 0.6 is 0 Å². The summed E-state index contributed by atoms with van der Waals surface area (Å²) in [7, 11) is 0. The Bertz CT molecular complexity index is 849. The predicted octanol–water partition coefficient (Wildman–Crippen LogP) is 5.29. The number of aryl methyl sites for hydroxylation is 2. The van der Waals surface area contributed by atoms with E-state index in [1.807, 2.05) is 51.3 Å². The van der Waals surface area contributed by atoms with E-state index in [2.05, 4.69) is 0 Å². The fourth-order valence-electron chi connectivity index (χ4n) is 4.23. The van der Waals surface area contributed by atoms with E-state index in [0.717, 1.165) is 36.8 Å². The van der Waals surface area contributed by atoms with Crippen LogP contribution in [-0.4, -0.2) is 64.2 Å². The molecule has 34 heavy (non-hydrogen) atoms. The first-order valence-corrected chi connectivity index (χ1v) is 12.6. The summed E-state index contributed by atoms with van der Waals surface area (Å²) in [4.78, 5) is 40.2. The lowest BCUT2D eigenvalue weighted by Crippen LogP contribution is -2.45. The molecule has 7 heteroatoms. The average molecular weight is 475 g/mol. The lowest BCUT2D eigenvalue weighted by atomic mass is 9.95. The molecule has 1 saturated carbocycles. The molecule has 2 amide bonds. The number of aromatic carboxylic acids is 1. The van der Waals surface area contributed by atoms with Gasteiger partial charge in [0.05, 0.1) is 5.56 Å². The molecule has 1 saturated heterocycles. The van der Waals surface area contributed by atoms with Crippen LogP contribution in [0.5, 0.6) is 0 Å². The third-order valence-electron chi connectivity index (χ3n) is 6.24. The molecule has 0 spiro atoms. The van der Waals surface area contributed by atoms with Crippen molar-refractivity contribution in [3.63, 3.8) is 0 Å². The Morgan fingerprint density at radius 2 is 1.71 bits per heavy atom. The topological polar surface area (TPSA) is 87.2 Å². The van der Waals surface area contributed by atoms with Crippen molar-refractivity contribution >= 4 is 18.0 Å². The summed E-state index contributed by atoms with van der Waals surface area (Å²) in [5.41, 5.74) is 1.69. The largest absolute Gasteiger partial charge is 0.478 e. The normalized spacial score (nSPS) is 16.4. The van der Waals surface area contributed by atoms with E-state index in [1.54, 1.807) is 18.2 Å². The van der Waals surface area contributed by atoms with Gasteiger partial charge in [0.15, 0.2) is 0 Å². The number of likely N-dealkylation sites (tertiary alicyclic amines) is 1. The average Bonchev–Trinajstić information content (AvgIpc) is 3.62. The van der Waals surface area contributed by atoms with Gasteiger partial charge in [-0.2, -0.15) is 0 Å². The second kappa shape index (κ2) is 12.2. The number of carbonyl (C=O) groups is 3. The summed E-state index contributed by atoms with van der Waals surface area (Å²) in [6.45, 7) is 13.7. The number of ether oxygens (including phenoxy) is 1. The highest BCUT2D eigenvalue weighted by Gasteiger charge is 2.37. The molecular formula is C27H42N2O5. The molecule has 1 aromatic rings. The van der Waals surface area contributed by atoms with Gasteiger partial charge < -0.3 is 19.6 Å². The first-order valence-electron chi connectivity index (χ1n) is 12.6. The molecule has 7 nitrogen and oxygen atoms in total. The van der Waals surface area contributed by atoms with Crippen LogP contribution in [0, 0.1) is 12.8 Å². The maximum absolute atomic E-state index is 12.7. The Balaban J connectivity index is 0.00000199. The molecular weight excluding hydrogens is 432 g/mol. The monoisotopic (exact) mass is 474 g/mol. The first-order chi connectivity index (χ1) is 16.0. The molecule has 2 fully saturated rings. The van der Waals surface area contributed by atoms with Gasteiger partial charge in [0.25, 0.3) is 0 Å². The molecule has 0 atom stereocenters. The zero-order chi connectivity index (χ0) is 25.5. The number of amides is 2. The van der Waals surface area contributed by atoms with Crippen LogP contribution < -0.4 is 0 Å². The predicted molar refractivity (Wildman–Crippen MR) is 133 cm³/mol. The van der Waals surface area contributed by atoms with Crippen molar-refractivity contribution in [2.45, 2.75) is 91.7 Å². The SMILES string of the molecule is CC.Cc1cc(C(=O)O)ccc1CCC(=O)N1CCC(CN(C(=O)OC(C)(C)C)C2CC2)CC1. The molecule has 1 aliphatic heterocycles. The highest BCUT2D eigenvalue weighted by Crippen LogP contribution is 2.31. The van der Waals surface area contributed by atoms with Gasteiger partial charge in [0.2, 0.25) is 5.91 Å². The fourth-order valence-corrected chi connectivity index (χ4v) is 4.23. The number of carboxylic acids is 1. The molecule has 1 heterocycles. The third-order valence-corrected chi connectivity index (χ3v) is 6.24. The standard InChI is InChI=1S/C25H36N2O5.C2H6/c1-17-15-20(23(29)30)6-5-19(17)7-10-22(28)26-13-11-18(12-14-26)16-27(21-8-9-21)24(31)32-25(2,3)4;1-2/h5-6,15,18,21H,7-14,16H2,1-4H3,(H,29,30);1-2H3. The second-order valence-electron chi connectivity index (χ2n) is 10.1. The summed E-state index contributed by atoms with van der Waals surface area (Å²) in [6, 6.07) is 5.36. The number of piperidine rings is 1. The summed E-state index contributed by atoms with van der Waals surface area (Å²) in [5.74, 6) is -0.417. The van der Waals surface area contributed by atoms with Crippen LogP contribution in [0.3, 0.4) is 0 Å². The number of benzene rings is 1. The molecule has 0 aromatic heterocycles. The Kier molecular flexibility index (Phi) is 9.95. The van der Waals surface area contributed by atoms with E-state index < -0.39 is 11.6 Å². The van der Waals surface area contributed by atoms with E-state index in [-0.39, 0.29) is 17.6 Å². The number of carboxylic acid groups (broad SMARTS) is 1. The number of hydrogen-bond donors (Lipinski definition) is 1. The number of rotatable bonds is 7. The van der Waals surface area contributed by atoms with E-state index >= 15 is 0 Å². The van der Waals surface area contributed by atoms with Gasteiger partial charge >= 0.3 is 12.1 Å². The van der Waals surface area contributed by atoms with Crippen molar-refractivity contribution in [2.75, 3.05) is 19.6 Å². The molecule has 2 aliphatic rings. The number of nitrogens with zero attached hydrogens (tertiary/aromatic N) is 2. The van der Waals surface area contributed by atoms with Gasteiger partial charge in [0, 0.05) is 32.1 Å². The Morgan fingerprint density at radius 1 is 1.09 bits per heavy atom. The number of hydrogen-bond acceptors (Lipinski definition) is 4. The first kappa shape index (κ1) is 27.7. The molecule has 0 radical (unpaired) electrons. The minimum Gasteiger partial charge on any atom is -0.478 e. The van der Waals surface area contributed by atoms with E-state index in [4.69, 9.17) is 9.84 Å². The fraction of sp³-hybridized carbons (Fsp3) is 0.667. The zero-order valence-corrected chi connectivity index (χ0v) is 21.7. The minimum atomic E-state index is -0.939. The molecule has 1 N–H and O–H groups in total. The van der Waals surface area contributed by atoms with Crippen molar-refractivity contribution in [1.29, 1.82) is 0 Å². The molecule has 1 aliphatic carbocycles. The Morgan fingerprint density at radius 3 is 2.21 bits per heavy atom. The molecule has 1 aromatic carbocycles. The lowest BCUT2D eigenvalue weighted by Gasteiger charge is -2.35. The Labute approximate surface area is 204 Å². The van der Waals surface area contributed by atoms with Crippen molar-refractivity contribution in [3.8, 4) is 0 Å². The maximum Gasteiger partial charge on any atom is 0.410 e. The van der Waals surface area contributed by atoms with Crippen molar-refractivity contribution in [2.24, 2.45) is 5.92 Å². The highest BCUT2D eigenvalue weighted by molar-refractivity contribution is 5.88. The van der Waals surface area contributed by atoms with Crippen molar-refractivity contribution < 1.29 is 24.2 Å². The molecule has 0 bridgehead atoms. The molecule has 3 rings (SSSR count). The quantitative estimate of drug-likeness (QED) is 0.580. The van der Waals surface area contributed by atoms with Gasteiger partial charge in [-0.15, -0.1) is 0 Å². The number of carbonyl (C=O) groups excluding carboxylic acids is 2. The van der Waals surface area contributed by atoms with E-state index in [0.29, 0.717) is 44.4 Å². The smallest absolute Gasteiger partial charge is 0.410 e. The van der Waals surface area contributed by atoms with Gasteiger partial charge in [-0.1, -0.05) is 19.9 Å². The van der Waals surface area contributed by atoms with Crippen LogP contribution in [0.25, 0.3) is 0 Å². The molecule has 190 valence electrons. The van der Waals surface area contributed by atoms with Crippen LogP contribution in [0.15, 0.2) is 18.2 Å². The van der Waals surface area contributed by atoms with Crippen LogP contribution in [0.4, 0.5) is 4.79 Å². The summed E-state index contributed by atoms with van der Waals surface area (Å²) in [6.07, 6.45) is 4.69. The van der Waals surface area contributed by atoms with E-state index in [9.17, 15) is 14.4 Å². The summed E-state index contributed by atoms with van der Waals surface area (Å²) >= 11 is 0. The summed E-state index contributed by atoms with van der Waals surface area (Å²) in [5, 5.41) is 9.09. The van der Waals surface area contributed by atoms with Gasteiger partial charge in [-0.25, -0.2) is 9.59 Å². The summed E-state index contributed by atoms with van der Waals surface area (Å²) < 4.78 is 5.60. The van der Waals surface area contributed by atoms with Crippen molar-refractivity contribution in [1.82, 2.24) is 9.80 Å². The van der Waals surface area contributed by atoms with Gasteiger partial charge in [-0.3, -0.25) is 4.79 Å². The lowest BCUT2D eigenvalue weighted by molar-refractivity contribution is -0.132. The van der Waals surface area contributed by atoms with Crippen LogP contribution in [0.2, 0.25) is 0 Å². The Hall–Kier alpha value is -2.57. The second-order valence-corrected chi connectivity index (χ2v) is 10.1. The minimum absolute atomic E-state index is 0.136.